The van der Waals surface area contributed by atoms with E-state index in [2.05, 4.69) is 51.2 Å². The molecule has 1 aliphatic carbocycles. The lowest BCUT2D eigenvalue weighted by atomic mass is 9.75. The summed E-state index contributed by atoms with van der Waals surface area (Å²) in [6.07, 6.45) is 6.40. The summed E-state index contributed by atoms with van der Waals surface area (Å²) in [5.41, 5.74) is 6.64. The molecule has 2 aliphatic heterocycles. The second-order valence-electron chi connectivity index (χ2n) is 16.8. The minimum Gasteiger partial charge on any atom is -0.392 e. The van der Waals surface area contributed by atoms with Crippen molar-refractivity contribution in [3.63, 3.8) is 0 Å². The van der Waals surface area contributed by atoms with Gasteiger partial charge in [-0.1, -0.05) is 116 Å². The van der Waals surface area contributed by atoms with Gasteiger partial charge in [0.1, 0.15) is 0 Å². The molecule has 9 heteroatoms. The number of benzene rings is 4. The highest BCUT2D eigenvalue weighted by molar-refractivity contribution is 5.82. The molecular weight excluding hydrogens is 701 g/mol. The summed E-state index contributed by atoms with van der Waals surface area (Å²) in [6, 6.07) is 34.3. The van der Waals surface area contributed by atoms with Crippen molar-refractivity contribution in [1.82, 2.24) is 20.9 Å². The Balaban J connectivity index is 1.09. The molecule has 296 valence electrons. The van der Waals surface area contributed by atoms with Crippen LogP contribution >= 0.6 is 0 Å². The first-order valence-corrected chi connectivity index (χ1v) is 20.5. The zero-order chi connectivity index (χ0) is 39.1. The van der Waals surface area contributed by atoms with E-state index < -0.39 is 6.29 Å². The molecule has 0 bridgehead atoms. The minimum atomic E-state index is -0.607. The molecule has 56 heavy (non-hydrogen) atoms. The number of ether oxygens (including phenoxy) is 2. The van der Waals surface area contributed by atoms with Crippen LogP contribution in [0.4, 0.5) is 4.79 Å². The number of aliphatic hydroxyl groups is 1. The highest BCUT2D eigenvalue weighted by atomic mass is 16.7. The van der Waals surface area contributed by atoms with E-state index in [1.807, 2.05) is 93.6 Å². The summed E-state index contributed by atoms with van der Waals surface area (Å²) in [5, 5.41) is 19.0. The van der Waals surface area contributed by atoms with E-state index in [4.69, 9.17) is 9.47 Å². The van der Waals surface area contributed by atoms with Crippen molar-refractivity contribution in [2.75, 3.05) is 6.54 Å². The fourth-order valence-electron chi connectivity index (χ4n) is 8.79. The smallest absolute Gasteiger partial charge is 0.315 e. The number of amides is 3. The summed E-state index contributed by atoms with van der Waals surface area (Å²) in [5.74, 6) is 0.717. The van der Waals surface area contributed by atoms with Gasteiger partial charge in [0.25, 0.3) is 0 Å². The van der Waals surface area contributed by atoms with Crippen LogP contribution in [-0.4, -0.2) is 52.2 Å². The van der Waals surface area contributed by atoms with Gasteiger partial charge in [-0.15, -0.1) is 0 Å². The fraction of sp³-hybridized carbons (Fsp3) is 0.447. The zero-order valence-corrected chi connectivity index (χ0v) is 33.1. The fourth-order valence-corrected chi connectivity index (χ4v) is 8.79. The molecule has 3 amide bonds. The van der Waals surface area contributed by atoms with E-state index in [0.717, 1.165) is 58.2 Å². The minimum absolute atomic E-state index is 0.0112. The highest BCUT2D eigenvalue weighted by Gasteiger charge is 2.44. The number of fused-ring (bicyclic) bond motifs is 1. The van der Waals surface area contributed by atoms with Crippen molar-refractivity contribution in [2.24, 2.45) is 5.92 Å². The first kappa shape index (κ1) is 39.7. The number of nitrogens with one attached hydrogen (secondary N) is 3. The molecule has 4 N–H and O–H groups in total. The topological polar surface area (TPSA) is 112 Å². The Morgan fingerprint density at radius 1 is 0.750 bits per heavy atom. The molecule has 0 spiro atoms. The van der Waals surface area contributed by atoms with E-state index >= 15 is 0 Å². The number of carbonyl (C=O) groups is 2. The Morgan fingerprint density at radius 3 is 2.20 bits per heavy atom. The molecule has 4 aromatic carbocycles. The largest absolute Gasteiger partial charge is 0.392 e. The molecule has 1 saturated carbocycles. The number of piperidine rings is 1. The normalized spacial score (nSPS) is 24.1. The van der Waals surface area contributed by atoms with Crippen LogP contribution in [0.5, 0.6) is 0 Å². The number of carbonyl (C=O) groups excluding carboxylic acids is 2. The van der Waals surface area contributed by atoms with Gasteiger partial charge in [-0.05, 0) is 85.8 Å². The third-order valence-corrected chi connectivity index (χ3v) is 11.6. The van der Waals surface area contributed by atoms with Gasteiger partial charge in [-0.25, -0.2) is 4.79 Å². The van der Waals surface area contributed by atoms with Crippen molar-refractivity contribution in [1.29, 1.82) is 0 Å². The Morgan fingerprint density at radius 2 is 1.45 bits per heavy atom. The first-order chi connectivity index (χ1) is 27.1. The SMILES string of the molecule is CC(C)(C)NC(=O)[C@H]1CC[C@H]2CCCC[C@H]2N1C[C@H]1C[C@@H](c2ccc(CO)cc2)O[C@@H](c2ccc(-c3ccccc3CNC(=O)NCc3ccccc3)cc2)O1. The van der Waals surface area contributed by atoms with Gasteiger partial charge in [0.15, 0.2) is 6.29 Å². The van der Waals surface area contributed by atoms with Crippen molar-refractivity contribution >= 4 is 11.9 Å². The lowest BCUT2D eigenvalue weighted by Gasteiger charge is -2.50. The van der Waals surface area contributed by atoms with Crippen LogP contribution in [0, 0.1) is 5.92 Å². The maximum absolute atomic E-state index is 13.8. The Labute approximate surface area is 332 Å². The monoisotopic (exact) mass is 758 g/mol. The number of likely N-dealkylation sites (tertiary alicyclic amines) is 1. The molecule has 0 unspecified atom stereocenters. The van der Waals surface area contributed by atoms with Crippen molar-refractivity contribution in [2.45, 2.75) is 122 Å². The van der Waals surface area contributed by atoms with Crippen LogP contribution in [0.2, 0.25) is 0 Å². The quantitative estimate of drug-likeness (QED) is 0.122. The second-order valence-corrected chi connectivity index (χ2v) is 16.8. The van der Waals surface area contributed by atoms with Crippen molar-refractivity contribution in [3.8, 4) is 11.1 Å². The van der Waals surface area contributed by atoms with Crippen LogP contribution in [0.3, 0.4) is 0 Å². The molecule has 9 nitrogen and oxygen atoms in total. The number of urea groups is 1. The average molecular weight is 759 g/mol. The van der Waals surface area contributed by atoms with Gasteiger partial charge >= 0.3 is 6.03 Å². The van der Waals surface area contributed by atoms with Crippen LogP contribution in [0.1, 0.15) is 106 Å². The van der Waals surface area contributed by atoms with Gasteiger partial charge in [0, 0.05) is 43.2 Å². The number of hydrogen-bond donors (Lipinski definition) is 4. The van der Waals surface area contributed by atoms with Crippen molar-refractivity contribution < 1.29 is 24.2 Å². The van der Waals surface area contributed by atoms with E-state index in [0.29, 0.717) is 38.0 Å². The molecule has 3 aliphatic rings. The number of hydrogen-bond acceptors (Lipinski definition) is 6. The Bertz CT molecular complexity index is 1890. The maximum Gasteiger partial charge on any atom is 0.315 e. The van der Waals surface area contributed by atoms with Gasteiger partial charge in [0.2, 0.25) is 5.91 Å². The zero-order valence-electron chi connectivity index (χ0n) is 33.1. The molecule has 6 atom stereocenters. The Hall–Kier alpha value is -4.54. The van der Waals surface area contributed by atoms with Crippen LogP contribution < -0.4 is 16.0 Å². The second kappa shape index (κ2) is 18.2. The number of nitrogens with zero attached hydrogens (tertiary/aromatic N) is 1. The summed E-state index contributed by atoms with van der Waals surface area (Å²) in [4.78, 5) is 29.0. The van der Waals surface area contributed by atoms with Gasteiger partial charge in [-0.3, -0.25) is 9.69 Å². The molecule has 0 aromatic heterocycles. The lowest BCUT2D eigenvalue weighted by Crippen LogP contribution is -2.61. The predicted molar refractivity (Wildman–Crippen MR) is 219 cm³/mol. The van der Waals surface area contributed by atoms with E-state index in [1.54, 1.807) is 0 Å². The average Bonchev–Trinajstić information content (AvgIpc) is 3.22. The van der Waals surface area contributed by atoms with Crippen LogP contribution in [-0.2, 0) is 34.0 Å². The van der Waals surface area contributed by atoms with Gasteiger partial charge in [0.05, 0.1) is 24.9 Å². The van der Waals surface area contributed by atoms with Crippen molar-refractivity contribution in [3.05, 3.63) is 131 Å². The molecular formula is C47H58N4O5. The number of rotatable bonds is 11. The van der Waals surface area contributed by atoms with Gasteiger partial charge < -0.3 is 30.5 Å². The van der Waals surface area contributed by atoms with Crippen LogP contribution in [0.25, 0.3) is 11.1 Å². The van der Waals surface area contributed by atoms with Crippen LogP contribution in [0.15, 0.2) is 103 Å². The number of aliphatic hydroxyl groups excluding tert-OH is 1. The maximum atomic E-state index is 13.8. The van der Waals surface area contributed by atoms with E-state index in [-0.39, 0.29) is 42.3 Å². The highest BCUT2D eigenvalue weighted by Crippen LogP contribution is 2.42. The molecule has 4 aromatic rings. The van der Waals surface area contributed by atoms with E-state index in [1.165, 1.54) is 19.3 Å². The summed E-state index contributed by atoms with van der Waals surface area (Å²) in [7, 11) is 0. The molecule has 3 fully saturated rings. The molecule has 0 radical (unpaired) electrons. The lowest BCUT2D eigenvalue weighted by molar-refractivity contribution is -0.255. The summed E-state index contributed by atoms with van der Waals surface area (Å²) < 4.78 is 13.6. The first-order valence-electron chi connectivity index (χ1n) is 20.5. The molecule has 7 rings (SSSR count). The van der Waals surface area contributed by atoms with E-state index in [9.17, 15) is 14.7 Å². The summed E-state index contributed by atoms with van der Waals surface area (Å²) in [6.45, 7) is 7.64. The summed E-state index contributed by atoms with van der Waals surface area (Å²) >= 11 is 0. The van der Waals surface area contributed by atoms with Gasteiger partial charge in [-0.2, -0.15) is 0 Å². The standard InChI is InChI=1S/C47H58N4O5/c1-47(2,3)50-44(53)42-26-25-35-13-8-10-16-41(35)51(42)30-39-27-43(36-19-17-33(31-52)18-20-36)56-45(55-39)37-23-21-34(22-24-37)40-15-9-7-14-38(40)29-49-46(54)48-28-32-11-5-4-6-12-32/h4-7,9,11-12,14-15,17-24,35,39,41-43,45,52H,8,10,13,16,25-31H2,1-3H3,(H,50,53)(H2,48,49,54)/t35-,39-,41-,42-,43+,45+/m1/s1. The molecule has 2 saturated heterocycles. The Kier molecular flexibility index (Phi) is 12.9. The third-order valence-electron chi connectivity index (χ3n) is 11.6. The third kappa shape index (κ3) is 10.1. The molecule has 2 heterocycles. The predicted octanol–water partition coefficient (Wildman–Crippen LogP) is 8.33.